The van der Waals surface area contributed by atoms with Crippen LogP contribution in [0.15, 0.2) is 24.3 Å². The number of nitrogens with zero attached hydrogens (tertiary/aromatic N) is 2. The van der Waals surface area contributed by atoms with E-state index < -0.39 is 18.5 Å². The van der Waals surface area contributed by atoms with Crippen LogP contribution in [-0.2, 0) is 9.53 Å². The largest absolute Gasteiger partial charge is 0.508 e. The SMILES string of the molecule is CCN(C(=O)N(CCOC)CC(=O)O)c1cccc(O)c1. The Balaban J connectivity index is 2.94. The quantitative estimate of drug-likeness (QED) is 0.793. The number of aromatic hydroxyl groups is 1. The highest BCUT2D eigenvalue weighted by molar-refractivity contribution is 5.93. The number of hydrogen-bond acceptors (Lipinski definition) is 4. The Morgan fingerprint density at radius 1 is 1.33 bits per heavy atom. The fourth-order valence-corrected chi connectivity index (χ4v) is 1.87. The van der Waals surface area contributed by atoms with Gasteiger partial charge in [-0.15, -0.1) is 0 Å². The summed E-state index contributed by atoms with van der Waals surface area (Å²) in [6.45, 7) is 2.15. The first-order valence-corrected chi connectivity index (χ1v) is 6.55. The zero-order chi connectivity index (χ0) is 15.8. The molecule has 0 atom stereocenters. The van der Waals surface area contributed by atoms with Gasteiger partial charge in [-0.25, -0.2) is 4.79 Å². The van der Waals surface area contributed by atoms with Crippen LogP contribution >= 0.6 is 0 Å². The normalized spacial score (nSPS) is 10.2. The standard InChI is InChI=1S/C14H20N2O5/c1-3-16(11-5-4-6-12(17)9-11)14(20)15(7-8-21-2)10-13(18)19/h4-6,9,17H,3,7-8,10H2,1-2H3,(H,18,19). The predicted octanol–water partition coefficient (Wildman–Crippen LogP) is 1.37. The maximum absolute atomic E-state index is 12.5. The number of phenolic OH excluding ortho intramolecular Hbond substituents is 1. The summed E-state index contributed by atoms with van der Waals surface area (Å²) in [6.07, 6.45) is 0. The molecule has 7 heteroatoms. The van der Waals surface area contributed by atoms with Crippen molar-refractivity contribution < 1.29 is 24.5 Å². The molecule has 0 spiro atoms. The van der Waals surface area contributed by atoms with E-state index in [1.165, 1.54) is 29.0 Å². The van der Waals surface area contributed by atoms with Crippen LogP contribution in [0.1, 0.15) is 6.92 Å². The molecule has 0 radical (unpaired) electrons. The molecule has 21 heavy (non-hydrogen) atoms. The molecule has 2 N–H and O–H groups in total. The molecule has 0 fully saturated rings. The second-order valence-corrected chi connectivity index (χ2v) is 4.35. The molecule has 116 valence electrons. The van der Waals surface area contributed by atoms with Crippen LogP contribution in [-0.4, -0.2) is 60.5 Å². The summed E-state index contributed by atoms with van der Waals surface area (Å²) in [6, 6.07) is 5.81. The van der Waals surface area contributed by atoms with Crippen molar-refractivity contribution in [1.82, 2.24) is 4.90 Å². The number of anilines is 1. The summed E-state index contributed by atoms with van der Waals surface area (Å²) in [5.74, 6) is -1.05. The maximum atomic E-state index is 12.5. The number of carbonyl (C=O) groups excluding carboxylic acids is 1. The van der Waals surface area contributed by atoms with Gasteiger partial charge in [-0.1, -0.05) is 6.07 Å². The average molecular weight is 296 g/mol. The van der Waals surface area contributed by atoms with Crippen LogP contribution in [0, 0.1) is 0 Å². The fourth-order valence-electron chi connectivity index (χ4n) is 1.87. The molecule has 0 heterocycles. The minimum absolute atomic E-state index is 0.0421. The van der Waals surface area contributed by atoms with Crippen molar-refractivity contribution in [3.8, 4) is 5.75 Å². The molecule has 0 aliphatic heterocycles. The molecule has 2 amide bonds. The first kappa shape index (κ1) is 16.8. The van der Waals surface area contributed by atoms with Crippen LogP contribution in [0.4, 0.5) is 10.5 Å². The zero-order valence-electron chi connectivity index (χ0n) is 12.2. The molecule has 0 aliphatic rings. The molecule has 0 unspecified atom stereocenters. The zero-order valence-corrected chi connectivity index (χ0v) is 12.2. The second kappa shape index (κ2) is 8.11. The van der Waals surface area contributed by atoms with Gasteiger partial charge in [0.25, 0.3) is 0 Å². The Bertz CT molecular complexity index is 492. The fraction of sp³-hybridized carbons (Fsp3) is 0.429. The number of aliphatic carboxylic acids is 1. The lowest BCUT2D eigenvalue weighted by Gasteiger charge is -2.29. The summed E-state index contributed by atoms with van der Waals surface area (Å²) in [5, 5.41) is 18.4. The van der Waals surface area contributed by atoms with Crippen molar-refractivity contribution in [1.29, 1.82) is 0 Å². The number of methoxy groups -OCH3 is 1. The molecule has 0 saturated heterocycles. The minimum atomic E-state index is -1.09. The molecule has 1 aromatic rings. The third kappa shape index (κ3) is 4.96. The van der Waals surface area contributed by atoms with E-state index in [1.807, 2.05) is 0 Å². The van der Waals surface area contributed by atoms with Crippen molar-refractivity contribution >= 4 is 17.7 Å². The highest BCUT2D eigenvalue weighted by Crippen LogP contribution is 2.21. The molecule has 0 saturated carbocycles. The van der Waals surface area contributed by atoms with E-state index in [0.29, 0.717) is 12.2 Å². The number of amides is 2. The van der Waals surface area contributed by atoms with Gasteiger partial charge in [-0.3, -0.25) is 9.69 Å². The Hall–Kier alpha value is -2.28. The van der Waals surface area contributed by atoms with E-state index in [0.717, 1.165) is 0 Å². The number of rotatable bonds is 7. The highest BCUT2D eigenvalue weighted by Gasteiger charge is 2.23. The number of ether oxygens (including phenoxy) is 1. The van der Waals surface area contributed by atoms with Crippen molar-refractivity contribution in [3.63, 3.8) is 0 Å². The molecule has 0 bridgehead atoms. The van der Waals surface area contributed by atoms with Crippen molar-refractivity contribution in [2.24, 2.45) is 0 Å². The van der Waals surface area contributed by atoms with Gasteiger partial charge in [0.1, 0.15) is 12.3 Å². The van der Waals surface area contributed by atoms with Gasteiger partial charge in [-0.2, -0.15) is 0 Å². The topological polar surface area (TPSA) is 90.3 Å². The first-order chi connectivity index (χ1) is 9.99. The van der Waals surface area contributed by atoms with Gasteiger partial charge in [0.2, 0.25) is 0 Å². The lowest BCUT2D eigenvalue weighted by atomic mass is 10.2. The van der Waals surface area contributed by atoms with Gasteiger partial charge in [-0.05, 0) is 19.1 Å². The van der Waals surface area contributed by atoms with E-state index in [1.54, 1.807) is 19.1 Å². The van der Waals surface area contributed by atoms with Crippen LogP contribution in [0.25, 0.3) is 0 Å². The predicted molar refractivity (Wildman–Crippen MR) is 77.6 cm³/mol. The molecular formula is C14H20N2O5. The van der Waals surface area contributed by atoms with Gasteiger partial charge < -0.3 is 19.8 Å². The van der Waals surface area contributed by atoms with Crippen LogP contribution in [0.5, 0.6) is 5.75 Å². The molecule has 0 aliphatic carbocycles. The first-order valence-electron chi connectivity index (χ1n) is 6.55. The van der Waals surface area contributed by atoms with E-state index >= 15 is 0 Å². The van der Waals surface area contributed by atoms with Gasteiger partial charge in [0, 0.05) is 32.0 Å². The van der Waals surface area contributed by atoms with Crippen molar-refractivity contribution in [3.05, 3.63) is 24.3 Å². The summed E-state index contributed by atoms with van der Waals surface area (Å²) < 4.78 is 4.90. The lowest BCUT2D eigenvalue weighted by molar-refractivity contribution is -0.137. The maximum Gasteiger partial charge on any atom is 0.325 e. The number of carbonyl (C=O) groups is 2. The molecular weight excluding hydrogens is 276 g/mol. The number of benzene rings is 1. The monoisotopic (exact) mass is 296 g/mol. The van der Waals surface area contributed by atoms with Gasteiger partial charge in [0.15, 0.2) is 0 Å². The van der Waals surface area contributed by atoms with Crippen LogP contribution in [0.3, 0.4) is 0 Å². The molecule has 1 aromatic carbocycles. The number of urea groups is 1. The second-order valence-electron chi connectivity index (χ2n) is 4.35. The summed E-state index contributed by atoms with van der Waals surface area (Å²) in [5.41, 5.74) is 0.510. The van der Waals surface area contributed by atoms with E-state index in [-0.39, 0.29) is 18.9 Å². The molecule has 1 rings (SSSR count). The van der Waals surface area contributed by atoms with Crippen LogP contribution in [0.2, 0.25) is 0 Å². The lowest BCUT2D eigenvalue weighted by Crippen LogP contribution is -2.46. The summed E-state index contributed by atoms with van der Waals surface area (Å²) in [7, 11) is 1.48. The number of phenols is 1. The number of carboxylic acid groups (broad SMARTS) is 1. The summed E-state index contributed by atoms with van der Waals surface area (Å²) in [4.78, 5) is 26.0. The third-order valence-electron chi connectivity index (χ3n) is 2.85. The Morgan fingerprint density at radius 3 is 2.57 bits per heavy atom. The number of hydrogen-bond donors (Lipinski definition) is 2. The van der Waals surface area contributed by atoms with Gasteiger partial charge in [0.05, 0.1) is 6.61 Å². The Kier molecular flexibility index (Phi) is 6.48. The molecule has 0 aromatic heterocycles. The Morgan fingerprint density at radius 2 is 2.05 bits per heavy atom. The highest BCUT2D eigenvalue weighted by atomic mass is 16.5. The third-order valence-corrected chi connectivity index (χ3v) is 2.85. The minimum Gasteiger partial charge on any atom is -0.508 e. The van der Waals surface area contributed by atoms with Crippen molar-refractivity contribution in [2.45, 2.75) is 6.92 Å². The van der Waals surface area contributed by atoms with E-state index in [9.17, 15) is 14.7 Å². The average Bonchev–Trinajstić information content (AvgIpc) is 2.43. The van der Waals surface area contributed by atoms with Gasteiger partial charge >= 0.3 is 12.0 Å². The summed E-state index contributed by atoms with van der Waals surface area (Å²) >= 11 is 0. The smallest absolute Gasteiger partial charge is 0.325 e. The van der Waals surface area contributed by atoms with Crippen molar-refractivity contribution in [2.75, 3.05) is 38.3 Å². The van der Waals surface area contributed by atoms with Crippen LogP contribution < -0.4 is 4.90 Å². The Labute approximate surface area is 123 Å². The van der Waals surface area contributed by atoms with E-state index in [2.05, 4.69) is 0 Å². The number of carboxylic acids is 1. The molecule has 7 nitrogen and oxygen atoms in total. The van der Waals surface area contributed by atoms with E-state index in [4.69, 9.17) is 9.84 Å².